The van der Waals surface area contributed by atoms with E-state index in [1.54, 1.807) is 6.07 Å². The molecule has 84 valence electrons. The lowest BCUT2D eigenvalue weighted by atomic mass is 10.1. The molecule has 0 heterocycles. The van der Waals surface area contributed by atoms with Crippen LogP contribution in [0.1, 0.15) is 12.0 Å². The van der Waals surface area contributed by atoms with E-state index in [1.165, 1.54) is 18.2 Å². The van der Waals surface area contributed by atoms with Crippen molar-refractivity contribution in [3.05, 3.63) is 39.9 Å². The van der Waals surface area contributed by atoms with E-state index in [0.717, 1.165) is 0 Å². The summed E-state index contributed by atoms with van der Waals surface area (Å²) in [7, 11) is 0. The molecule has 0 radical (unpaired) electrons. The molecular weight excluding hydrogens is 214 g/mol. The molecular formula is C10H9NO5. The van der Waals surface area contributed by atoms with Gasteiger partial charge in [-0.25, -0.2) is 0 Å². The minimum Gasteiger partial charge on any atom is -0.481 e. The van der Waals surface area contributed by atoms with Gasteiger partial charge in [0.1, 0.15) is 12.2 Å². The molecule has 0 saturated heterocycles. The normalized spacial score (nSPS) is 9.75. The lowest BCUT2D eigenvalue weighted by Crippen LogP contribution is -2.10. The van der Waals surface area contributed by atoms with Crippen molar-refractivity contribution in [1.82, 2.24) is 0 Å². The van der Waals surface area contributed by atoms with E-state index in [1.807, 2.05) is 0 Å². The van der Waals surface area contributed by atoms with E-state index in [4.69, 9.17) is 5.11 Å². The first-order valence-electron chi connectivity index (χ1n) is 4.46. The average Bonchev–Trinajstić information content (AvgIpc) is 2.16. The fraction of sp³-hybridized carbons (Fsp3) is 0.200. The number of hydrogen-bond acceptors (Lipinski definition) is 4. The number of carbonyl (C=O) groups is 2. The van der Waals surface area contributed by atoms with Crippen LogP contribution in [0.15, 0.2) is 24.3 Å². The van der Waals surface area contributed by atoms with Gasteiger partial charge in [-0.3, -0.25) is 19.7 Å². The Balaban J connectivity index is 2.84. The van der Waals surface area contributed by atoms with Crippen molar-refractivity contribution in [2.75, 3.05) is 0 Å². The van der Waals surface area contributed by atoms with Crippen LogP contribution in [0.4, 0.5) is 5.69 Å². The van der Waals surface area contributed by atoms with Crippen molar-refractivity contribution in [3.63, 3.8) is 0 Å². The smallest absolute Gasteiger partial charge is 0.310 e. The summed E-state index contributed by atoms with van der Waals surface area (Å²) in [4.78, 5) is 31.5. The molecule has 0 fully saturated rings. The van der Waals surface area contributed by atoms with Crippen molar-refractivity contribution in [2.24, 2.45) is 0 Å². The van der Waals surface area contributed by atoms with E-state index in [-0.39, 0.29) is 17.7 Å². The van der Waals surface area contributed by atoms with E-state index < -0.39 is 23.1 Å². The van der Waals surface area contributed by atoms with Gasteiger partial charge in [0.2, 0.25) is 0 Å². The first kappa shape index (κ1) is 11.8. The first-order chi connectivity index (χ1) is 7.50. The summed E-state index contributed by atoms with van der Waals surface area (Å²) < 4.78 is 0. The van der Waals surface area contributed by atoms with Crippen molar-refractivity contribution in [1.29, 1.82) is 0 Å². The van der Waals surface area contributed by atoms with E-state index >= 15 is 0 Å². The number of rotatable bonds is 5. The van der Waals surface area contributed by atoms with Crippen LogP contribution in [0.5, 0.6) is 0 Å². The highest BCUT2D eigenvalue weighted by Gasteiger charge is 2.16. The molecule has 0 atom stereocenters. The number of benzene rings is 1. The van der Waals surface area contributed by atoms with Crippen LogP contribution >= 0.6 is 0 Å². The third-order valence-electron chi connectivity index (χ3n) is 1.92. The molecule has 0 aliphatic rings. The Labute approximate surface area is 90.7 Å². The van der Waals surface area contributed by atoms with E-state index in [2.05, 4.69) is 0 Å². The summed E-state index contributed by atoms with van der Waals surface area (Å²) in [6.45, 7) is 0. The van der Waals surface area contributed by atoms with E-state index in [9.17, 15) is 19.7 Å². The Hall–Kier alpha value is -2.24. The predicted octanol–water partition coefficient (Wildman–Crippen LogP) is 1.18. The van der Waals surface area contributed by atoms with Gasteiger partial charge in [0.05, 0.1) is 4.92 Å². The summed E-state index contributed by atoms with van der Waals surface area (Å²) in [6, 6.07) is 5.78. The molecule has 0 aromatic heterocycles. The Morgan fingerprint density at radius 3 is 2.50 bits per heavy atom. The molecule has 16 heavy (non-hydrogen) atoms. The summed E-state index contributed by atoms with van der Waals surface area (Å²) in [6.07, 6.45) is -0.852. The summed E-state index contributed by atoms with van der Waals surface area (Å²) in [5, 5.41) is 19.0. The minimum atomic E-state index is -1.23. The highest BCUT2D eigenvalue weighted by Crippen LogP contribution is 2.18. The molecule has 1 N–H and O–H groups in total. The largest absolute Gasteiger partial charge is 0.481 e. The molecule has 1 aromatic carbocycles. The lowest BCUT2D eigenvalue weighted by Gasteiger charge is -2.00. The van der Waals surface area contributed by atoms with Gasteiger partial charge < -0.3 is 5.11 Å². The summed E-state index contributed by atoms with van der Waals surface area (Å²) in [5.74, 6) is -1.79. The molecule has 6 heteroatoms. The van der Waals surface area contributed by atoms with Crippen LogP contribution < -0.4 is 0 Å². The van der Waals surface area contributed by atoms with E-state index in [0.29, 0.717) is 0 Å². The monoisotopic (exact) mass is 223 g/mol. The second-order valence-corrected chi connectivity index (χ2v) is 3.17. The zero-order valence-corrected chi connectivity index (χ0v) is 8.25. The number of nitro groups is 1. The molecule has 0 saturated carbocycles. The zero-order chi connectivity index (χ0) is 12.1. The van der Waals surface area contributed by atoms with Crippen molar-refractivity contribution in [2.45, 2.75) is 12.8 Å². The second kappa shape index (κ2) is 5.01. The Morgan fingerprint density at radius 2 is 1.94 bits per heavy atom. The SMILES string of the molecule is O=C(O)CC(=O)Cc1ccccc1[N+](=O)[O-]. The molecule has 1 rings (SSSR count). The lowest BCUT2D eigenvalue weighted by molar-refractivity contribution is -0.385. The van der Waals surface area contributed by atoms with Crippen molar-refractivity contribution in [3.8, 4) is 0 Å². The van der Waals surface area contributed by atoms with Gasteiger partial charge in [0, 0.05) is 18.1 Å². The molecule has 0 unspecified atom stereocenters. The predicted molar refractivity (Wildman–Crippen MR) is 54.1 cm³/mol. The van der Waals surface area contributed by atoms with Gasteiger partial charge in [-0.05, 0) is 0 Å². The number of aliphatic carboxylic acids is 1. The topological polar surface area (TPSA) is 97.5 Å². The van der Waals surface area contributed by atoms with Crippen LogP contribution in [0.2, 0.25) is 0 Å². The van der Waals surface area contributed by atoms with Crippen LogP contribution in [0.3, 0.4) is 0 Å². The van der Waals surface area contributed by atoms with Gasteiger partial charge in [-0.15, -0.1) is 0 Å². The number of Topliss-reactive ketones (excluding diaryl/α,β-unsaturated/α-hetero) is 1. The molecule has 0 bridgehead atoms. The molecule has 6 nitrogen and oxygen atoms in total. The Bertz CT molecular complexity index is 441. The maximum atomic E-state index is 11.2. The number of hydrogen-bond donors (Lipinski definition) is 1. The molecule has 0 aliphatic heterocycles. The Kier molecular flexibility index (Phi) is 3.71. The van der Waals surface area contributed by atoms with Crippen LogP contribution in [0, 0.1) is 10.1 Å². The van der Waals surface area contributed by atoms with Gasteiger partial charge in [0.15, 0.2) is 0 Å². The van der Waals surface area contributed by atoms with Crippen molar-refractivity contribution >= 4 is 17.4 Å². The number of para-hydroxylation sites is 1. The number of carbonyl (C=O) groups excluding carboxylic acids is 1. The summed E-state index contributed by atoms with van der Waals surface area (Å²) >= 11 is 0. The zero-order valence-electron chi connectivity index (χ0n) is 8.25. The third-order valence-corrected chi connectivity index (χ3v) is 1.92. The maximum absolute atomic E-state index is 11.2. The van der Waals surface area contributed by atoms with Gasteiger partial charge in [-0.2, -0.15) is 0 Å². The highest BCUT2D eigenvalue weighted by atomic mass is 16.6. The van der Waals surface area contributed by atoms with Crippen LogP contribution in [0.25, 0.3) is 0 Å². The number of carboxylic acids is 1. The molecule has 1 aromatic rings. The fourth-order valence-corrected chi connectivity index (χ4v) is 1.28. The molecule has 0 spiro atoms. The highest BCUT2D eigenvalue weighted by molar-refractivity contribution is 5.96. The van der Waals surface area contributed by atoms with Gasteiger partial charge in [-0.1, -0.05) is 18.2 Å². The second-order valence-electron chi connectivity index (χ2n) is 3.17. The molecule has 0 amide bonds. The summed E-state index contributed by atoms with van der Waals surface area (Å²) in [5.41, 5.74) is 0.0694. The first-order valence-corrected chi connectivity index (χ1v) is 4.46. The number of ketones is 1. The van der Waals surface area contributed by atoms with Gasteiger partial charge in [0.25, 0.3) is 5.69 Å². The number of carboxylic acid groups (broad SMARTS) is 1. The minimum absolute atomic E-state index is 0.166. The number of nitro benzene ring substituents is 1. The standard InChI is InChI=1S/C10H9NO5/c12-8(6-10(13)14)5-7-3-1-2-4-9(7)11(15)16/h1-4H,5-6H2,(H,13,14). The van der Waals surface area contributed by atoms with Gasteiger partial charge >= 0.3 is 5.97 Å². The van der Waals surface area contributed by atoms with Crippen LogP contribution in [-0.4, -0.2) is 21.8 Å². The number of nitrogens with zero attached hydrogens (tertiary/aromatic N) is 1. The fourth-order valence-electron chi connectivity index (χ4n) is 1.28. The average molecular weight is 223 g/mol. The molecule has 0 aliphatic carbocycles. The maximum Gasteiger partial charge on any atom is 0.310 e. The Morgan fingerprint density at radius 1 is 1.31 bits per heavy atom. The van der Waals surface area contributed by atoms with Crippen LogP contribution in [-0.2, 0) is 16.0 Å². The third kappa shape index (κ3) is 3.16. The quantitative estimate of drug-likeness (QED) is 0.459. The van der Waals surface area contributed by atoms with Crippen molar-refractivity contribution < 1.29 is 19.6 Å².